The van der Waals surface area contributed by atoms with Crippen molar-refractivity contribution in [2.45, 2.75) is 25.8 Å². The fourth-order valence-electron chi connectivity index (χ4n) is 2.39. The minimum atomic E-state index is -0.414. The smallest absolute Gasteiger partial charge is 0.407 e. The Hall–Kier alpha value is -2.24. The lowest BCUT2D eigenvalue weighted by atomic mass is 10.0. The van der Waals surface area contributed by atoms with Crippen molar-refractivity contribution in [1.29, 1.82) is 0 Å². The van der Waals surface area contributed by atoms with Crippen molar-refractivity contribution < 1.29 is 19.4 Å². The van der Waals surface area contributed by atoms with Gasteiger partial charge in [-0.1, -0.05) is 12.1 Å². The number of hydrogen-bond acceptors (Lipinski definition) is 4. The molecule has 2 amide bonds. The molecule has 1 aliphatic heterocycles. The third-order valence-corrected chi connectivity index (χ3v) is 3.51. The Kier molecular flexibility index (Phi) is 5.03. The molecular weight excluding hydrogens is 272 g/mol. The highest BCUT2D eigenvalue weighted by molar-refractivity contribution is 5.96. The van der Waals surface area contributed by atoms with E-state index < -0.39 is 6.09 Å². The fraction of sp³-hybridized carbons (Fsp3) is 0.467. The Morgan fingerprint density at radius 3 is 2.62 bits per heavy atom. The number of ether oxygens (including phenoxy) is 1. The summed E-state index contributed by atoms with van der Waals surface area (Å²) in [7, 11) is 0. The summed E-state index contributed by atoms with van der Waals surface area (Å²) >= 11 is 0. The van der Waals surface area contributed by atoms with Crippen LogP contribution in [0.4, 0.5) is 4.79 Å². The number of piperidine rings is 1. The third-order valence-electron chi connectivity index (χ3n) is 3.51. The molecule has 1 saturated heterocycles. The standard InChI is InChI=1S/C15H20N2O4/c1-2-21-15(20)16-11-7-9-17(10-8-11)14(19)12-5-3-4-6-13(12)18/h3-6,11,18H,2,7-10H2,1H3,(H,16,20). The maximum absolute atomic E-state index is 12.3. The number of amides is 2. The molecule has 1 aromatic rings. The second kappa shape index (κ2) is 6.97. The molecule has 1 heterocycles. The zero-order valence-corrected chi connectivity index (χ0v) is 12.0. The predicted octanol–water partition coefficient (Wildman–Crippen LogP) is 1.74. The third kappa shape index (κ3) is 3.87. The minimum Gasteiger partial charge on any atom is -0.507 e. The van der Waals surface area contributed by atoms with Crippen LogP contribution in [0.15, 0.2) is 24.3 Å². The van der Waals surface area contributed by atoms with Crippen LogP contribution in [0.25, 0.3) is 0 Å². The van der Waals surface area contributed by atoms with Crippen LogP contribution >= 0.6 is 0 Å². The van der Waals surface area contributed by atoms with E-state index in [2.05, 4.69) is 5.32 Å². The van der Waals surface area contributed by atoms with Gasteiger partial charge in [0.2, 0.25) is 0 Å². The predicted molar refractivity (Wildman–Crippen MR) is 77.2 cm³/mol. The normalized spacial score (nSPS) is 15.6. The van der Waals surface area contributed by atoms with Crippen LogP contribution < -0.4 is 5.32 Å². The zero-order chi connectivity index (χ0) is 15.2. The molecule has 0 saturated carbocycles. The number of nitrogens with zero attached hydrogens (tertiary/aromatic N) is 1. The van der Waals surface area contributed by atoms with Crippen LogP contribution in [0.1, 0.15) is 30.1 Å². The van der Waals surface area contributed by atoms with Gasteiger partial charge in [-0.25, -0.2) is 4.79 Å². The maximum Gasteiger partial charge on any atom is 0.407 e. The molecule has 1 fully saturated rings. The molecule has 0 bridgehead atoms. The van der Waals surface area contributed by atoms with E-state index in [1.165, 1.54) is 6.07 Å². The quantitative estimate of drug-likeness (QED) is 0.889. The number of likely N-dealkylation sites (tertiary alicyclic amines) is 1. The molecule has 0 radical (unpaired) electrons. The monoisotopic (exact) mass is 292 g/mol. The fourth-order valence-corrected chi connectivity index (χ4v) is 2.39. The summed E-state index contributed by atoms with van der Waals surface area (Å²) in [6.07, 6.45) is 0.944. The number of benzene rings is 1. The Bertz CT molecular complexity index is 510. The lowest BCUT2D eigenvalue weighted by Crippen LogP contribution is -2.46. The van der Waals surface area contributed by atoms with Gasteiger partial charge in [0.1, 0.15) is 5.75 Å². The van der Waals surface area contributed by atoms with Crippen molar-refractivity contribution in [3.8, 4) is 5.75 Å². The minimum absolute atomic E-state index is 0.00530. The average Bonchev–Trinajstić information content (AvgIpc) is 2.48. The van der Waals surface area contributed by atoms with E-state index in [9.17, 15) is 14.7 Å². The number of para-hydroxylation sites is 1. The molecule has 0 unspecified atom stereocenters. The summed E-state index contributed by atoms with van der Waals surface area (Å²) < 4.78 is 4.84. The highest BCUT2D eigenvalue weighted by Gasteiger charge is 2.25. The van der Waals surface area contributed by atoms with E-state index in [1.54, 1.807) is 30.0 Å². The first-order valence-corrected chi connectivity index (χ1v) is 7.12. The second-order valence-electron chi connectivity index (χ2n) is 4.95. The van der Waals surface area contributed by atoms with Crippen molar-refractivity contribution in [3.05, 3.63) is 29.8 Å². The van der Waals surface area contributed by atoms with Crippen LogP contribution in [0.5, 0.6) is 5.75 Å². The average molecular weight is 292 g/mol. The summed E-state index contributed by atoms with van der Waals surface area (Å²) in [6, 6.07) is 6.55. The molecule has 6 nitrogen and oxygen atoms in total. The number of alkyl carbamates (subject to hydrolysis) is 1. The van der Waals surface area contributed by atoms with Crippen LogP contribution in [0.2, 0.25) is 0 Å². The SMILES string of the molecule is CCOC(=O)NC1CCN(C(=O)c2ccccc2O)CC1. The topological polar surface area (TPSA) is 78.9 Å². The molecule has 0 aromatic heterocycles. The molecule has 114 valence electrons. The van der Waals surface area contributed by atoms with Gasteiger partial charge in [-0.15, -0.1) is 0 Å². The van der Waals surface area contributed by atoms with Gasteiger partial charge in [-0.05, 0) is 31.9 Å². The van der Waals surface area contributed by atoms with Crippen molar-refractivity contribution >= 4 is 12.0 Å². The van der Waals surface area contributed by atoms with Gasteiger partial charge in [0.05, 0.1) is 12.2 Å². The van der Waals surface area contributed by atoms with E-state index in [4.69, 9.17) is 4.74 Å². The highest BCUT2D eigenvalue weighted by atomic mass is 16.5. The van der Waals surface area contributed by atoms with Crippen LogP contribution in [-0.4, -0.2) is 47.7 Å². The van der Waals surface area contributed by atoms with Gasteiger partial charge in [-0.2, -0.15) is 0 Å². The van der Waals surface area contributed by atoms with E-state index >= 15 is 0 Å². The number of nitrogens with one attached hydrogen (secondary N) is 1. The first-order valence-electron chi connectivity index (χ1n) is 7.12. The number of phenols is 1. The van der Waals surface area contributed by atoms with E-state index in [1.807, 2.05) is 0 Å². The molecular formula is C15H20N2O4. The molecule has 2 N–H and O–H groups in total. The molecule has 0 atom stereocenters. The van der Waals surface area contributed by atoms with Crippen molar-refractivity contribution in [2.24, 2.45) is 0 Å². The van der Waals surface area contributed by atoms with Crippen molar-refractivity contribution in [2.75, 3.05) is 19.7 Å². The number of carbonyl (C=O) groups excluding carboxylic acids is 2. The Balaban J connectivity index is 1.88. The molecule has 0 spiro atoms. The molecule has 1 aliphatic rings. The second-order valence-corrected chi connectivity index (χ2v) is 4.95. The van der Waals surface area contributed by atoms with E-state index in [0.717, 1.165) is 0 Å². The summed E-state index contributed by atoms with van der Waals surface area (Å²) in [5, 5.41) is 12.5. The number of rotatable bonds is 3. The first-order chi connectivity index (χ1) is 10.1. The summed E-state index contributed by atoms with van der Waals surface area (Å²) in [6.45, 7) is 3.19. The van der Waals surface area contributed by atoms with E-state index in [0.29, 0.717) is 38.1 Å². The number of aromatic hydroxyl groups is 1. The molecule has 6 heteroatoms. The summed E-state index contributed by atoms with van der Waals surface area (Å²) in [4.78, 5) is 25.3. The Labute approximate surface area is 123 Å². The summed E-state index contributed by atoms with van der Waals surface area (Å²) in [5.74, 6) is -0.183. The van der Waals surface area contributed by atoms with Gasteiger partial charge >= 0.3 is 6.09 Å². The van der Waals surface area contributed by atoms with Gasteiger partial charge in [0.15, 0.2) is 0 Å². The maximum atomic E-state index is 12.3. The molecule has 1 aromatic carbocycles. The van der Waals surface area contributed by atoms with Crippen LogP contribution in [0.3, 0.4) is 0 Å². The lowest BCUT2D eigenvalue weighted by molar-refractivity contribution is 0.0699. The number of phenolic OH excluding ortho intramolecular Hbond substituents is 1. The Morgan fingerprint density at radius 2 is 2.00 bits per heavy atom. The lowest BCUT2D eigenvalue weighted by Gasteiger charge is -2.32. The van der Waals surface area contributed by atoms with Gasteiger partial charge in [-0.3, -0.25) is 4.79 Å². The van der Waals surface area contributed by atoms with Crippen molar-refractivity contribution in [1.82, 2.24) is 10.2 Å². The molecule has 0 aliphatic carbocycles. The zero-order valence-electron chi connectivity index (χ0n) is 12.0. The van der Waals surface area contributed by atoms with Crippen LogP contribution in [0, 0.1) is 0 Å². The van der Waals surface area contributed by atoms with E-state index in [-0.39, 0.29) is 17.7 Å². The Morgan fingerprint density at radius 1 is 1.33 bits per heavy atom. The summed E-state index contributed by atoms with van der Waals surface area (Å²) in [5.41, 5.74) is 0.314. The highest BCUT2D eigenvalue weighted by Crippen LogP contribution is 2.20. The molecule has 2 rings (SSSR count). The molecule has 21 heavy (non-hydrogen) atoms. The number of hydrogen-bond donors (Lipinski definition) is 2. The van der Waals surface area contributed by atoms with Gasteiger partial charge < -0.3 is 20.1 Å². The largest absolute Gasteiger partial charge is 0.507 e. The van der Waals surface area contributed by atoms with Crippen LogP contribution in [-0.2, 0) is 4.74 Å². The van der Waals surface area contributed by atoms with Gasteiger partial charge in [0, 0.05) is 19.1 Å². The first kappa shape index (κ1) is 15.2. The van der Waals surface area contributed by atoms with Crippen molar-refractivity contribution in [3.63, 3.8) is 0 Å². The number of carbonyl (C=O) groups is 2. The van der Waals surface area contributed by atoms with Gasteiger partial charge in [0.25, 0.3) is 5.91 Å².